The molecule has 3 N–H and O–H groups in total. The van der Waals surface area contributed by atoms with Gasteiger partial charge in [-0.1, -0.05) is 48.5 Å². The summed E-state index contributed by atoms with van der Waals surface area (Å²) in [5, 5.41) is 16.6. The maximum Gasteiger partial charge on any atom is 0.246 e. The van der Waals surface area contributed by atoms with Crippen molar-refractivity contribution in [3.63, 3.8) is 0 Å². The first-order valence-electron chi connectivity index (χ1n) is 14.2. The van der Waals surface area contributed by atoms with E-state index in [-0.39, 0.29) is 41.6 Å². The molecule has 0 radical (unpaired) electrons. The van der Waals surface area contributed by atoms with Gasteiger partial charge in [-0.05, 0) is 63.7 Å². The minimum Gasteiger partial charge on any atom is -0.394 e. The van der Waals surface area contributed by atoms with Crippen LogP contribution in [0.25, 0.3) is 0 Å². The normalized spacial score (nSPS) is 34.2. The fraction of sp³-hybridized carbons (Fsp3) is 0.897. The molecule has 3 unspecified atom stereocenters. The molecule has 0 aromatic heterocycles. The molecule has 1 spiro atoms. The van der Waals surface area contributed by atoms with Crippen LogP contribution in [0, 0.1) is 29.1 Å². The molecule has 3 fully saturated rings. The number of likely N-dealkylation sites (tertiary alicyclic amines) is 1. The summed E-state index contributed by atoms with van der Waals surface area (Å²) in [5.74, 6) is -1.94. The van der Waals surface area contributed by atoms with Gasteiger partial charge in [-0.3, -0.25) is 14.4 Å². The molecule has 8 nitrogen and oxygen atoms in total. The van der Waals surface area contributed by atoms with Crippen LogP contribution in [0.1, 0.15) is 94.9 Å². The number of carbonyl (C=O) groups is 3. The maximum absolute atomic E-state index is 14.3. The molecule has 37 heavy (non-hydrogen) atoms. The van der Waals surface area contributed by atoms with Gasteiger partial charge in [0.1, 0.15) is 11.6 Å². The Morgan fingerprint density at radius 1 is 1.19 bits per heavy atom. The summed E-state index contributed by atoms with van der Waals surface area (Å²) in [5.41, 5.74) is -2.47. The van der Waals surface area contributed by atoms with E-state index in [2.05, 4.69) is 31.4 Å². The van der Waals surface area contributed by atoms with Gasteiger partial charge >= 0.3 is 0 Å². The standard InChI is InChI=1S/C29H51N3O5/c1-11-12-30-23(34)20-21-25(36)32(19(15-33)13-17(2)3)22(29(21)14-18(4)28(20,10)37-29)24(35)31-27(8,9)16-26(5,6)7/h17-22,33H,11-16H2,1-10H3,(H,30,34)(H,31,35)/t18?,19-,20-,21+,22?,28+,29?/m1/s1. The number of rotatable bonds is 10. The third-order valence-corrected chi connectivity index (χ3v) is 8.61. The van der Waals surface area contributed by atoms with Gasteiger partial charge in [0.15, 0.2) is 0 Å². The van der Waals surface area contributed by atoms with Crippen molar-refractivity contribution in [2.24, 2.45) is 29.1 Å². The summed E-state index contributed by atoms with van der Waals surface area (Å²) in [6.45, 7) is 20.7. The lowest BCUT2D eigenvalue weighted by Crippen LogP contribution is -2.61. The van der Waals surface area contributed by atoms with Gasteiger partial charge in [0.25, 0.3) is 0 Å². The van der Waals surface area contributed by atoms with Crippen molar-refractivity contribution in [1.29, 1.82) is 0 Å². The number of nitrogens with zero attached hydrogens (tertiary/aromatic N) is 1. The number of aliphatic hydroxyl groups excluding tert-OH is 1. The number of aliphatic hydroxyl groups is 1. The molecule has 212 valence electrons. The Balaban J connectivity index is 2.10. The van der Waals surface area contributed by atoms with Crippen molar-refractivity contribution in [3.8, 4) is 0 Å². The second kappa shape index (κ2) is 10.1. The minimum absolute atomic E-state index is 0.00978. The quantitative estimate of drug-likeness (QED) is 0.409. The van der Waals surface area contributed by atoms with Gasteiger partial charge in [0.2, 0.25) is 17.7 Å². The Labute approximate surface area is 223 Å². The van der Waals surface area contributed by atoms with E-state index in [0.717, 1.165) is 12.8 Å². The Hall–Kier alpha value is -1.67. The van der Waals surface area contributed by atoms with Crippen molar-refractivity contribution in [3.05, 3.63) is 0 Å². The van der Waals surface area contributed by atoms with Gasteiger partial charge in [-0.15, -0.1) is 0 Å². The van der Waals surface area contributed by atoms with Gasteiger partial charge in [-0.2, -0.15) is 0 Å². The molecular weight excluding hydrogens is 470 g/mol. The summed E-state index contributed by atoms with van der Waals surface area (Å²) in [6, 6.07) is -1.44. The number of hydrogen-bond donors (Lipinski definition) is 3. The first-order valence-corrected chi connectivity index (χ1v) is 14.2. The first kappa shape index (κ1) is 29.9. The Bertz CT molecular complexity index is 896. The predicted octanol–water partition coefficient (Wildman–Crippen LogP) is 3.26. The van der Waals surface area contributed by atoms with Crippen LogP contribution in [0.4, 0.5) is 0 Å². The molecular formula is C29H51N3O5. The third-order valence-electron chi connectivity index (χ3n) is 8.61. The summed E-state index contributed by atoms with van der Waals surface area (Å²) in [4.78, 5) is 43.6. The van der Waals surface area contributed by atoms with Crippen molar-refractivity contribution < 1.29 is 24.2 Å². The fourth-order valence-corrected chi connectivity index (χ4v) is 7.72. The smallest absolute Gasteiger partial charge is 0.246 e. The maximum atomic E-state index is 14.3. The number of amides is 3. The number of ether oxygens (including phenoxy) is 1. The van der Waals surface area contributed by atoms with Crippen molar-refractivity contribution >= 4 is 17.7 Å². The molecule has 0 aliphatic carbocycles. The third kappa shape index (κ3) is 5.29. The van der Waals surface area contributed by atoms with Crippen molar-refractivity contribution in [2.45, 2.75) is 124 Å². The SMILES string of the molecule is CCCNC(=O)[C@H]1[C@H]2C(=O)N([C@@H](CO)CC(C)C)C(C(=O)NC(C)(C)CC(C)(C)C)C23CC(C)[C@]1(C)O3. The summed E-state index contributed by atoms with van der Waals surface area (Å²) < 4.78 is 6.78. The fourth-order valence-electron chi connectivity index (χ4n) is 7.72. The average Bonchev–Trinajstić information content (AvgIpc) is 3.24. The van der Waals surface area contributed by atoms with Crippen LogP contribution in [-0.2, 0) is 19.1 Å². The molecule has 3 aliphatic heterocycles. The highest BCUT2D eigenvalue weighted by molar-refractivity contribution is 5.99. The van der Waals surface area contributed by atoms with Crippen LogP contribution in [0.3, 0.4) is 0 Å². The molecule has 0 aromatic carbocycles. The van der Waals surface area contributed by atoms with Gasteiger partial charge in [0, 0.05) is 12.1 Å². The zero-order valence-electron chi connectivity index (χ0n) is 24.7. The molecule has 3 heterocycles. The molecule has 0 aromatic rings. The second-order valence-corrected chi connectivity index (χ2v) is 14.3. The summed E-state index contributed by atoms with van der Waals surface area (Å²) >= 11 is 0. The van der Waals surface area contributed by atoms with Crippen LogP contribution in [0.2, 0.25) is 0 Å². The van der Waals surface area contributed by atoms with E-state index < -0.39 is 40.7 Å². The molecule has 3 aliphatic rings. The number of nitrogens with one attached hydrogen (secondary N) is 2. The van der Waals surface area contributed by atoms with Crippen LogP contribution in [0.15, 0.2) is 0 Å². The van der Waals surface area contributed by atoms with E-state index in [1.807, 2.05) is 48.5 Å². The lowest BCUT2D eigenvalue weighted by molar-refractivity contribution is -0.152. The van der Waals surface area contributed by atoms with Crippen LogP contribution in [0.5, 0.6) is 0 Å². The van der Waals surface area contributed by atoms with Crippen LogP contribution >= 0.6 is 0 Å². The Morgan fingerprint density at radius 3 is 2.32 bits per heavy atom. The Kier molecular flexibility index (Phi) is 8.19. The molecule has 7 atom stereocenters. The van der Waals surface area contributed by atoms with Crippen molar-refractivity contribution in [1.82, 2.24) is 15.5 Å². The van der Waals surface area contributed by atoms with E-state index in [9.17, 15) is 19.5 Å². The van der Waals surface area contributed by atoms with Crippen molar-refractivity contribution in [2.75, 3.05) is 13.2 Å². The van der Waals surface area contributed by atoms with E-state index >= 15 is 0 Å². The number of hydrogen-bond acceptors (Lipinski definition) is 5. The average molecular weight is 522 g/mol. The Morgan fingerprint density at radius 2 is 1.81 bits per heavy atom. The highest BCUT2D eigenvalue weighted by Crippen LogP contribution is 2.65. The van der Waals surface area contributed by atoms with E-state index in [1.165, 1.54) is 0 Å². The lowest BCUT2D eigenvalue weighted by Gasteiger charge is -2.40. The first-order chi connectivity index (χ1) is 16.9. The van der Waals surface area contributed by atoms with E-state index in [4.69, 9.17) is 4.74 Å². The number of fused-ring (bicyclic) bond motifs is 1. The molecule has 3 saturated heterocycles. The molecule has 0 saturated carbocycles. The van der Waals surface area contributed by atoms with Crippen LogP contribution in [-0.4, -0.2) is 69.7 Å². The zero-order chi connectivity index (χ0) is 28.1. The van der Waals surface area contributed by atoms with Crippen LogP contribution < -0.4 is 10.6 Å². The molecule has 3 rings (SSSR count). The van der Waals surface area contributed by atoms with E-state index in [0.29, 0.717) is 19.4 Å². The summed E-state index contributed by atoms with van der Waals surface area (Å²) in [7, 11) is 0. The van der Waals surface area contributed by atoms with Gasteiger partial charge in [-0.25, -0.2) is 0 Å². The lowest BCUT2D eigenvalue weighted by atomic mass is 9.62. The van der Waals surface area contributed by atoms with E-state index in [1.54, 1.807) is 4.90 Å². The number of carbonyl (C=O) groups excluding carboxylic acids is 3. The monoisotopic (exact) mass is 521 g/mol. The topological polar surface area (TPSA) is 108 Å². The highest BCUT2D eigenvalue weighted by atomic mass is 16.5. The highest BCUT2D eigenvalue weighted by Gasteiger charge is 2.80. The summed E-state index contributed by atoms with van der Waals surface area (Å²) in [6.07, 6.45) is 2.61. The zero-order valence-corrected chi connectivity index (χ0v) is 24.7. The minimum atomic E-state index is -1.11. The predicted molar refractivity (Wildman–Crippen MR) is 144 cm³/mol. The largest absolute Gasteiger partial charge is 0.394 e. The molecule has 3 amide bonds. The second-order valence-electron chi connectivity index (χ2n) is 14.3. The van der Waals surface area contributed by atoms with Gasteiger partial charge in [0.05, 0.1) is 30.1 Å². The molecule has 8 heteroatoms. The molecule has 2 bridgehead atoms. The van der Waals surface area contributed by atoms with Gasteiger partial charge < -0.3 is 25.4 Å².